The second-order valence-electron chi connectivity index (χ2n) is 4.91. The summed E-state index contributed by atoms with van der Waals surface area (Å²) in [6.07, 6.45) is 3.59. The van der Waals surface area contributed by atoms with Crippen LogP contribution in [0, 0.1) is 13.8 Å². The molecule has 106 valence electrons. The lowest BCUT2D eigenvalue weighted by atomic mass is 10.1. The number of hydrogen-bond donors (Lipinski definition) is 1. The third-order valence-electron chi connectivity index (χ3n) is 3.42. The van der Waals surface area contributed by atoms with Crippen LogP contribution in [0.4, 0.5) is 5.82 Å². The van der Waals surface area contributed by atoms with E-state index in [9.17, 15) is 5.11 Å². The molecule has 0 atom stereocenters. The molecule has 0 unspecified atom stereocenters. The molecule has 2 heterocycles. The van der Waals surface area contributed by atoms with Crippen molar-refractivity contribution in [2.24, 2.45) is 0 Å². The predicted octanol–water partition coefficient (Wildman–Crippen LogP) is 2.61. The summed E-state index contributed by atoms with van der Waals surface area (Å²) in [5, 5.41) is 9.62. The highest BCUT2D eigenvalue weighted by Crippen LogP contribution is 2.24. The van der Waals surface area contributed by atoms with Crippen molar-refractivity contribution in [1.82, 2.24) is 9.97 Å². The number of anilines is 1. The van der Waals surface area contributed by atoms with Crippen LogP contribution in [0.25, 0.3) is 0 Å². The third kappa shape index (κ3) is 3.14. The van der Waals surface area contributed by atoms with Crippen LogP contribution < -0.4 is 4.90 Å². The Kier molecular flexibility index (Phi) is 4.69. The molecule has 0 radical (unpaired) electrons. The van der Waals surface area contributed by atoms with Gasteiger partial charge in [0.2, 0.25) is 0 Å². The van der Waals surface area contributed by atoms with E-state index in [0.29, 0.717) is 0 Å². The van der Waals surface area contributed by atoms with Gasteiger partial charge in [0.1, 0.15) is 5.82 Å². The minimum Gasteiger partial charge on any atom is -0.392 e. The highest BCUT2D eigenvalue weighted by molar-refractivity contribution is 5.51. The van der Waals surface area contributed by atoms with Gasteiger partial charge in [0, 0.05) is 36.7 Å². The average Bonchev–Trinajstić information content (AvgIpc) is 2.45. The molecule has 2 aromatic heterocycles. The second-order valence-corrected chi connectivity index (χ2v) is 4.91. The molecule has 0 aliphatic rings. The molecule has 0 saturated carbocycles. The first kappa shape index (κ1) is 14.5. The molecule has 4 nitrogen and oxygen atoms in total. The van der Waals surface area contributed by atoms with Gasteiger partial charge in [-0.25, -0.2) is 4.98 Å². The molecule has 0 saturated heterocycles. The summed E-state index contributed by atoms with van der Waals surface area (Å²) in [4.78, 5) is 10.8. The first-order chi connectivity index (χ1) is 9.65. The van der Waals surface area contributed by atoms with Crippen LogP contribution in [0.3, 0.4) is 0 Å². The van der Waals surface area contributed by atoms with Crippen molar-refractivity contribution in [2.75, 3.05) is 11.4 Å². The van der Waals surface area contributed by atoms with E-state index in [1.54, 1.807) is 12.4 Å². The molecule has 1 N–H and O–H groups in total. The van der Waals surface area contributed by atoms with Gasteiger partial charge >= 0.3 is 0 Å². The van der Waals surface area contributed by atoms with Crippen molar-refractivity contribution < 1.29 is 5.11 Å². The Hall–Kier alpha value is -1.94. The maximum Gasteiger partial charge on any atom is 0.134 e. The van der Waals surface area contributed by atoms with E-state index in [0.717, 1.165) is 35.7 Å². The maximum atomic E-state index is 9.62. The van der Waals surface area contributed by atoms with Gasteiger partial charge in [0.05, 0.1) is 6.61 Å². The summed E-state index contributed by atoms with van der Waals surface area (Å²) < 4.78 is 0. The summed E-state index contributed by atoms with van der Waals surface area (Å²) in [5.41, 5.74) is 4.16. The molecule has 0 bridgehead atoms. The molecule has 0 fully saturated rings. The molecule has 2 aromatic rings. The van der Waals surface area contributed by atoms with Crippen molar-refractivity contribution in [1.29, 1.82) is 0 Å². The molecule has 0 aromatic carbocycles. The van der Waals surface area contributed by atoms with Crippen LogP contribution in [0.1, 0.15) is 29.3 Å². The van der Waals surface area contributed by atoms with Crippen LogP contribution >= 0.6 is 0 Å². The first-order valence-electron chi connectivity index (χ1n) is 6.87. The van der Waals surface area contributed by atoms with Gasteiger partial charge in [-0.05, 0) is 50.1 Å². The fourth-order valence-corrected chi connectivity index (χ4v) is 2.35. The Morgan fingerprint density at radius 1 is 1.20 bits per heavy atom. The number of rotatable bonds is 5. The lowest BCUT2D eigenvalue weighted by Crippen LogP contribution is -2.25. The summed E-state index contributed by atoms with van der Waals surface area (Å²) in [7, 11) is 0. The first-order valence-corrected chi connectivity index (χ1v) is 6.87. The summed E-state index contributed by atoms with van der Waals surface area (Å²) in [6.45, 7) is 7.72. The number of aryl methyl sites for hydroxylation is 2. The molecular weight excluding hydrogens is 250 g/mol. The van der Waals surface area contributed by atoms with Crippen LogP contribution in [0.5, 0.6) is 0 Å². The quantitative estimate of drug-likeness (QED) is 0.908. The van der Waals surface area contributed by atoms with E-state index in [-0.39, 0.29) is 6.61 Å². The van der Waals surface area contributed by atoms with Gasteiger partial charge in [-0.3, -0.25) is 4.98 Å². The SMILES string of the molecule is CCN(Cc1ccncc1)c1nc(C)cc(C)c1CO. The summed E-state index contributed by atoms with van der Waals surface area (Å²) in [5.74, 6) is 0.879. The normalized spacial score (nSPS) is 10.6. The number of aliphatic hydroxyl groups excluding tert-OH is 1. The molecule has 2 rings (SSSR count). The molecule has 0 spiro atoms. The lowest BCUT2D eigenvalue weighted by molar-refractivity contribution is 0.280. The number of nitrogens with zero attached hydrogens (tertiary/aromatic N) is 3. The Morgan fingerprint density at radius 3 is 2.50 bits per heavy atom. The number of pyridine rings is 2. The van der Waals surface area contributed by atoms with E-state index in [1.165, 1.54) is 5.56 Å². The Bertz CT molecular complexity index is 569. The van der Waals surface area contributed by atoms with E-state index in [1.807, 2.05) is 32.0 Å². The fraction of sp³-hybridized carbons (Fsp3) is 0.375. The molecule has 0 aliphatic heterocycles. The summed E-state index contributed by atoms with van der Waals surface area (Å²) in [6, 6.07) is 6.02. The van der Waals surface area contributed by atoms with E-state index in [2.05, 4.69) is 21.8 Å². The monoisotopic (exact) mass is 271 g/mol. The molecular formula is C16H21N3O. The molecule has 0 amide bonds. The Morgan fingerprint density at radius 2 is 1.90 bits per heavy atom. The van der Waals surface area contributed by atoms with E-state index in [4.69, 9.17) is 0 Å². The number of aliphatic hydroxyl groups is 1. The lowest BCUT2D eigenvalue weighted by Gasteiger charge is -2.25. The van der Waals surface area contributed by atoms with Crippen molar-refractivity contribution in [3.8, 4) is 0 Å². The topological polar surface area (TPSA) is 49.2 Å². The van der Waals surface area contributed by atoms with Gasteiger partial charge in [-0.15, -0.1) is 0 Å². The van der Waals surface area contributed by atoms with Crippen LogP contribution in [0.2, 0.25) is 0 Å². The zero-order valence-electron chi connectivity index (χ0n) is 12.3. The summed E-state index contributed by atoms with van der Waals surface area (Å²) >= 11 is 0. The van der Waals surface area contributed by atoms with Gasteiger partial charge < -0.3 is 10.0 Å². The van der Waals surface area contributed by atoms with Gasteiger partial charge in [-0.2, -0.15) is 0 Å². The second kappa shape index (κ2) is 6.48. The third-order valence-corrected chi connectivity index (χ3v) is 3.42. The van der Waals surface area contributed by atoms with E-state index >= 15 is 0 Å². The Balaban J connectivity index is 2.36. The average molecular weight is 271 g/mol. The van der Waals surface area contributed by atoms with Gasteiger partial charge in [0.15, 0.2) is 0 Å². The minimum absolute atomic E-state index is 0.0152. The van der Waals surface area contributed by atoms with Crippen molar-refractivity contribution >= 4 is 5.82 Å². The van der Waals surface area contributed by atoms with E-state index < -0.39 is 0 Å². The smallest absolute Gasteiger partial charge is 0.134 e. The van der Waals surface area contributed by atoms with Crippen LogP contribution in [0.15, 0.2) is 30.6 Å². The molecule has 20 heavy (non-hydrogen) atoms. The van der Waals surface area contributed by atoms with Gasteiger partial charge in [0.25, 0.3) is 0 Å². The maximum absolute atomic E-state index is 9.62. The Labute approximate surface area is 120 Å². The standard InChI is InChI=1S/C16H21N3O/c1-4-19(10-14-5-7-17-8-6-14)16-15(11-20)12(2)9-13(3)18-16/h5-9,20H,4,10-11H2,1-3H3. The van der Waals surface area contributed by atoms with Crippen LogP contribution in [-0.4, -0.2) is 21.6 Å². The molecule has 0 aliphatic carbocycles. The fourth-order valence-electron chi connectivity index (χ4n) is 2.35. The predicted molar refractivity (Wildman–Crippen MR) is 80.6 cm³/mol. The van der Waals surface area contributed by atoms with Crippen molar-refractivity contribution in [3.63, 3.8) is 0 Å². The number of aromatic nitrogens is 2. The highest BCUT2D eigenvalue weighted by atomic mass is 16.3. The zero-order chi connectivity index (χ0) is 14.5. The van der Waals surface area contributed by atoms with Crippen LogP contribution in [-0.2, 0) is 13.2 Å². The highest BCUT2D eigenvalue weighted by Gasteiger charge is 2.14. The minimum atomic E-state index is 0.0152. The van der Waals surface area contributed by atoms with Crippen molar-refractivity contribution in [3.05, 3.63) is 53.0 Å². The zero-order valence-corrected chi connectivity index (χ0v) is 12.3. The van der Waals surface area contributed by atoms with Gasteiger partial charge in [-0.1, -0.05) is 0 Å². The van der Waals surface area contributed by atoms with Crippen molar-refractivity contribution in [2.45, 2.75) is 33.9 Å². The number of hydrogen-bond acceptors (Lipinski definition) is 4. The molecule has 4 heteroatoms. The largest absolute Gasteiger partial charge is 0.392 e.